The van der Waals surface area contributed by atoms with E-state index in [-0.39, 0.29) is 11.3 Å². The Morgan fingerprint density at radius 1 is 1.00 bits per heavy atom. The first kappa shape index (κ1) is 14.4. The fourth-order valence-corrected chi connectivity index (χ4v) is 5.14. The van der Waals surface area contributed by atoms with E-state index in [2.05, 4.69) is 13.8 Å². The number of rotatable bonds is 4. The first-order chi connectivity index (χ1) is 9.04. The van der Waals surface area contributed by atoms with E-state index in [1.807, 2.05) is 0 Å². The van der Waals surface area contributed by atoms with E-state index in [0.717, 1.165) is 32.1 Å². The van der Waals surface area contributed by atoms with Crippen LogP contribution >= 0.6 is 0 Å². The number of methoxy groups -OCH3 is 2. The summed E-state index contributed by atoms with van der Waals surface area (Å²) >= 11 is 0. The molecule has 0 aromatic rings. The van der Waals surface area contributed by atoms with Crippen molar-refractivity contribution in [1.82, 2.24) is 0 Å². The number of fused-ring (bicyclic) bond motifs is 2. The van der Waals surface area contributed by atoms with Gasteiger partial charge in [0.25, 0.3) is 0 Å². The Morgan fingerprint density at radius 2 is 1.47 bits per heavy atom. The summed E-state index contributed by atoms with van der Waals surface area (Å²) in [5.74, 6) is -0.270. The minimum atomic E-state index is -1.08. The van der Waals surface area contributed by atoms with Crippen molar-refractivity contribution in [1.29, 1.82) is 0 Å². The van der Waals surface area contributed by atoms with Gasteiger partial charge in [-0.2, -0.15) is 0 Å². The molecule has 0 radical (unpaired) electrons. The van der Waals surface area contributed by atoms with Crippen LogP contribution in [0.5, 0.6) is 0 Å². The van der Waals surface area contributed by atoms with Crippen LogP contribution in [0.1, 0.15) is 46.0 Å². The summed E-state index contributed by atoms with van der Waals surface area (Å²) in [7, 11) is 2.74. The first-order valence-corrected chi connectivity index (χ1v) is 7.21. The van der Waals surface area contributed by atoms with Gasteiger partial charge in [-0.15, -0.1) is 0 Å². The molecule has 0 spiro atoms. The van der Waals surface area contributed by atoms with E-state index in [1.54, 1.807) is 0 Å². The normalized spacial score (nSPS) is 30.1. The average Bonchev–Trinajstić information content (AvgIpc) is 3.03. The SMILES string of the molecule is CCC1(CC)C2CCC(C2)C1(C(=O)OC)C(=O)OC. The second-order valence-corrected chi connectivity index (χ2v) is 5.86. The Hall–Kier alpha value is -1.06. The van der Waals surface area contributed by atoms with Gasteiger partial charge in [0.15, 0.2) is 5.41 Å². The Bertz CT molecular complexity index is 368. The minimum Gasteiger partial charge on any atom is -0.468 e. The van der Waals surface area contributed by atoms with Gasteiger partial charge >= 0.3 is 11.9 Å². The van der Waals surface area contributed by atoms with Crippen molar-refractivity contribution in [3.63, 3.8) is 0 Å². The molecular weight excluding hydrogens is 244 g/mol. The summed E-state index contributed by atoms with van der Waals surface area (Å²) in [6.07, 6.45) is 4.62. The van der Waals surface area contributed by atoms with Crippen molar-refractivity contribution in [2.45, 2.75) is 46.0 Å². The molecule has 0 aliphatic heterocycles. The molecule has 2 atom stereocenters. The molecule has 19 heavy (non-hydrogen) atoms. The molecule has 0 aromatic carbocycles. The molecule has 2 fully saturated rings. The van der Waals surface area contributed by atoms with Crippen LogP contribution in [0.2, 0.25) is 0 Å². The van der Waals surface area contributed by atoms with Gasteiger partial charge in [0.2, 0.25) is 0 Å². The van der Waals surface area contributed by atoms with Crippen molar-refractivity contribution in [3.8, 4) is 0 Å². The third kappa shape index (κ3) is 1.46. The standard InChI is InChI=1S/C15H24O4/c1-5-14(6-2)10-7-8-11(9-10)15(14,12(16)18-3)13(17)19-4/h10-11H,5-9H2,1-4H3. The van der Waals surface area contributed by atoms with Gasteiger partial charge in [-0.1, -0.05) is 13.8 Å². The highest BCUT2D eigenvalue weighted by atomic mass is 16.5. The highest BCUT2D eigenvalue weighted by molar-refractivity contribution is 6.02. The van der Waals surface area contributed by atoms with E-state index in [1.165, 1.54) is 14.2 Å². The maximum atomic E-state index is 12.5. The van der Waals surface area contributed by atoms with Crippen molar-refractivity contribution in [3.05, 3.63) is 0 Å². The molecule has 0 saturated heterocycles. The third-order valence-electron chi connectivity index (χ3n) is 5.89. The van der Waals surface area contributed by atoms with Crippen molar-refractivity contribution >= 4 is 11.9 Å². The number of hydrogen-bond donors (Lipinski definition) is 0. The summed E-state index contributed by atoms with van der Waals surface area (Å²) in [4.78, 5) is 25.1. The van der Waals surface area contributed by atoms with E-state index in [9.17, 15) is 9.59 Å². The van der Waals surface area contributed by atoms with Gasteiger partial charge in [0, 0.05) is 0 Å². The molecule has 0 amide bonds. The highest BCUT2D eigenvalue weighted by Gasteiger charge is 2.74. The van der Waals surface area contributed by atoms with Gasteiger partial charge < -0.3 is 9.47 Å². The molecule has 2 aliphatic carbocycles. The number of ether oxygens (including phenoxy) is 2. The topological polar surface area (TPSA) is 52.6 Å². The minimum absolute atomic E-state index is 0.0808. The molecule has 4 heteroatoms. The summed E-state index contributed by atoms with van der Waals surface area (Å²) in [6.45, 7) is 4.15. The molecule has 4 nitrogen and oxygen atoms in total. The van der Waals surface area contributed by atoms with E-state index < -0.39 is 17.4 Å². The van der Waals surface area contributed by atoms with E-state index in [4.69, 9.17) is 9.47 Å². The van der Waals surface area contributed by atoms with E-state index >= 15 is 0 Å². The summed E-state index contributed by atoms with van der Waals surface area (Å²) < 4.78 is 10.1. The highest BCUT2D eigenvalue weighted by Crippen LogP contribution is 2.70. The summed E-state index contributed by atoms with van der Waals surface area (Å²) in [5.41, 5.74) is -1.38. The number of carbonyl (C=O) groups excluding carboxylic acids is 2. The molecule has 2 bridgehead atoms. The number of esters is 2. The lowest BCUT2D eigenvalue weighted by molar-refractivity contribution is -0.188. The quantitative estimate of drug-likeness (QED) is 0.581. The number of carbonyl (C=O) groups is 2. The van der Waals surface area contributed by atoms with Gasteiger partial charge in [-0.25, -0.2) is 0 Å². The Kier molecular flexibility index (Phi) is 3.63. The molecule has 2 saturated carbocycles. The molecule has 2 rings (SSSR count). The zero-order valence-corrected chi connectivity index (χ0v) is 12.3. The van der Waals surface area contributed by atoms with Crippen LogP contribution < -0.4 is 0 Å². The molecular formula is C15H24O4. The predicted octanol–water partition coefficient (Wildman–Crippen LogP) is 2.56. The lowest BCUT2D eigenvalue weighted by Gasteiger charge is -2.48. The van der Waals surface area contributed by atoms with Crippen LogP contribution in [0.25, 0.3) is 0 Å². The zero-order valence-electron chi connectivity index (χ0n) is 12.3. The Balaban J connectivity index is 2.62. The lowest BCUT2D eigenvalue weighted by Crippen LogP contribution is -2.57. The molecule has 108 valence electrons. The van der Waals surface area contributed by atoms with Crippen LogP contribution in [-0.2, 0) is 19.1 Å². The zero-order chi connectivity index (χ0) is 14.3. The largest absolute Gasteiger partial charge is 0.468 e. The molecule has 0 aromatic heterocycles. The Labute approximate surface area is 114 Å². The van der Waals surface area contributed by atoms with Gasteiger partial charge in [-0.3, -0.25) is 9.59 Å². The smallest absolute Gasteiger partial charge is 0.324 e. The van der Waals surface area contributed by atoms with Crippen LogP contribution in [0.3, 0.4) is 0 Å². The van der Waals surface area contributed by atoms with Crippen LogP contribution in [0, 0.1) is 22.7 Å². The molecule has 0 heterocycles. The lowest BCUT2D eigenvalue weighted by atomic mass is 9.53. The third-order valence-corrected chi connectivity index (χ3v) is 5.89. The molecule has 0 N–H and O–H groups in total. The van der Waals surface area contributed by atoms with Crippen LogP contribution in [0.4, 0.5) is 0 Å². The summed E-state index contributed by atoms with van der Waals surface area (Å²) in [5, 5.41) is 0. The number of hydrogen-bond acceptors (Lipinski definition) is 4. The Morgan fingerprint density at radius 3 is 1.89 bits per heavy atom. The maximum absolute atomic E-state index is 12.5. The predicted molar refractivity (Wildman–Crippen MR) is 70.3 cm³/mol. The average molecular weight is 268 g/mol. The fourth-order valence-electron chi connectivity index (χ4n) is 5.14. The van der Waals surface area contributed by atoms with Gasteiger partial charge in [0.1, 0.15) is 0 Å². The van der Waals surface area contributed by atoms with Crippen molar-refractivity contribution < 1.29 is 19.1 Å². The van der Waals surface area contributed by atoms with Crippen molar-refractivity contribution in [2.75, 3.05) is 14.2 Å². The fraction of sp³-hybridized carbons (Fsp3) is 0.867. The molecule has 2 aliphatic rings. The first-order valence-electron chi connectivity index (χ1n) is 7.21. The van der Waals surface area contributed by atoms with Crippen LogP contribution in [0.15, 0.2) is 0 Å². The van der Waals surface area contributed by atoms with Crippen molar-refractivity contribution in [2.24, 2.45) is 22.7 Å². The second kappa shape index (κ2) is 4.80. The second-order valence-electron chi connectivity index (χ2n) is 5.86. The maximum Gasteiger partial charge on any atom is 0.324 e. The van der Waals surface area contributed by atoms with Crippen LogP contribution in [-0.4, -0.2) is 26.2 Å². The molecule has 2 unspecified atom stereocenters. The van der Waals surface area contributed by atoms with Gasteiger partial charge in [0.05, 0.1) is 14.2 Å². The monoisotopic (exact) mass is 268 g/mol. The van der Waals surface area contributed by atoms with E-state index in [0.29, 0.717) is 5.92 Å². The van der Waals surface area contributed by atoms with Gasteiger partial charge in [-0.05, 0) is 49.4 Å². The summed E-state index contributed by atoms with van der Waals surface area (Å²) in [6, 6.07) is 0.